The molecule has 0 atom stereocenters. The molecule has 0 aromatic carbocycles. The molecule has 0 unspecified atom stereocenters. The van der Waals surface area contributed by atoms with E-state index in [1.54, 1.807) is 0 Å². The molecule has 0 aliphatic carbocycles. The van der Waals surface area contributed by atoms with E-state index in [0.717, 1.165) is 12.8 Å². The lowest BCUT2D eigenvalue weighted by Crippen LogP contribution is -1.98. The summed E-state index contributed by atoms with van der Waals surface area (Å²) in [5, 5.41) is 0. The predicted molar refractivity (Wildman–Crippen MR) is 86.9 cm³/mol. The molecule has 0 N–H and O–H groups in total. The zero-order valence-electron chi connectivity index (χ0n) is 13.7. The highest BCUT2D eigenvalue weighted by Gasteiger charge is 1.92. The van der Waals surface area contributed by atoms with Crippen molar-refractivity contribution in [1.29, 1.82) is 0 Å². The van der Waals surface area contributed by atoms with Gasteiger partial charge >= 0.3 is 5.97 Å². The van der Waals surface area contributed by atoms with Crippen molar-refractivity contribution < 1.29 is 9.53 Å². The molecule has 118 valence electrons. The normalized spacial score (nSPS) is 11.1. The van der Waals surface area contributed by atoms with E-state index in [4.69, 9.17) is 4.74 Å². The Kier molecular flexibility index (Phi) is 15.6. The van der Waals surface area contributed by atoms with Crippen molar-refractivity contribution >= 4 is 5.97 Å². The maximum absolute atomic E-state index is 10.5. The summed E-state index contributed by atoms with van der Waals surface area (Å²) in [4.78, 5) is 10.5. The molecule has 0 aliphatic rings. The lowest BCUT2D eigenvalue weighted by molar-refractivity contribution is -0.140. The third-order valence-corrected chi connectivity index (χ3v) is 3.48. The molecule has 0 aliphatic heterocycles. The van der Waals surface area contributed by atoms with Gasteiger partial charge in [-0.05, 0) is 19.3 Å². The van der Waals surface area contributed by atoms with Crippen LogP contribution in [0.1, 0.15) is 90.9 Å². The molecule has 0 aromatic rings. The summed E-state index contributed by atoms with van der Waals surface area (Å²) >= 11 is 0. The first-order chi connectivity index (χ1) is 9.77. The molecule has 0 amide bonds. The van der Waals surface area contributed by atoms with Crippen molar-refractivity contribution in [2.24, 2.45) is 0 Å². The van der Waals surface area contributed by atoms with E-state index in [-0.39, 0.29) is 5.97 Å². The van der Waals surface area contributed by atoms with Crippen molar-refractivity contribution in [3.05, 3.63) is 12.2 Å². The molecule has 2 nitrogen and oxygen atoms in total. The minimum absolute atomic E-state index is 0.187. The van der Waals surface area contributed by atoms with Crippen LogP contribution in [0.5, 0.6) is 0 Å². The summed E-state index contributed by atoms with van der Waals surface area (Å²) in [6, 6.07) is 0. The average molecular weight is 282 g/mol. The van der Waals surface area contributed by atoms with Gasteiger partial charge in [-0.3, -0.25) is 4.79 Å². The van der Waals surface area contributed by atoms with Gasteiger partial charge in [0.2, 0.25) is 0 Å². The van der Waals surface area contributed by atoms with Crippen LogP contribution in [0.4, 0.5) is 0 Å². The number of hydrogen-bond acceptors (Lipinski definition) is 2. The third kappa shape index (κ3) is 17.2. The smallest absolute Gasteiger partial charge is 0.302 e. The van der Waals surface area contributed by atoms with Crippen LogP contribution in [0.3, 0.4) is 0 Å². The first-order valence-electron chi connectivity index (χ1n) is 8.55. The standard InChI is InChI=1S/C18H34O2/c1-3-4-5-6-7-8-9-10-11-12-13-14-15-16-17-20-18(2)19/h14-15H,3-13,16-17H2,1-2H3. The van der Waals surface area contributed by atoms with Gasteiger partial charge in [0.15, 0.2) is 0 Å². The van der Waals surface area contributed by atoms with Crippen molar-refractivity contribution in [3.63, 3.8) is 0 Å². The van der Waals surface area contributed by atoms with E-state index in [0.29, 0.717) is 6.61 Å². The van der Waals surface area contributed by atoms with Crippen LogP contribution in [0.25, 0.3) is 0 Å². The second-order valence-electron chi connectivity index (χ2n) is 5.57. The van der Waals surface area contributed by atoms with Gasteiger partial charge in [-0.25, -0.2) is 0 Å². The van der Waals surface area contributed by atoms with E-state index in [1.807, 2.05) is 0 Å². The highest BCUT2D eigenvalue weighted by atomic mass is 16.5. The quantitative estimate of drug-likeness (QED) is 0.228. The van der Waals surface area contributed by atoms with Gasteiger partial charge in [0.05, 0.1) is 6.61 Å². The first-order valence-corrected chi connectivity index (χ1v) is 8.55. The largest absolute Gasteiger partial charge is 0.466 e. The summed E-state index contributed by atoms with van der Waals surface area (Å²) in [6.07, 6.45) is 20.2. The van der Waals surface area contributed by atoms with Crippen LogP contribution in [0.2, 0.25) is 0 Å². The molecule has 2 heteroatoms. The third-order valence-electron chi connectivity index (χ3n) is 3.48. The van der Waals surface area contributed by atoms with Crippen molar-refractivity contribution in [1.82, 2.24) is 0 Å². The Hall–Kier alpha value is -0.790. The van der Waals surface area contributed by atoms with Crippen LogP contribution in [0.15, 0.2) is 12.2 Å². The van der Waals surface area contributed by atoms with Crippen LogP contribution >= 0.6 is 0 Å². The molecule has 0 saturated carbocycles. The fraction of sp³-hybridized carbons (Fsp3) is 0.833. The van der Waals surface area contributed by atoms with Gasteiger partial charge in [-0.2, -0.15) is 0 Å². The fourth-order valence-electron chi connectivity index (χ4n) is 2.26. The monoisotopic (exact) mass is 282 g/mol. The van der Waals surface area contributed by atoms with Gasteiger partial charge in [0.25, 0.3) is 0 Å². The highest BCUT2D eigenvalue weighted by molar-refractivity contribution is 5.65. The number of esters is 1. The first kappa shape index (κ1) is 19.2. The summed E-state index contributed by atoms with van der Waals surface area (Å²) < 4.78 is 4.86. The Morgan fingerprint density at radius 2 is 1.30 bits per heavy atom. The van der Waals surface area contributed by atoms with E-state index in [9.17, 15) is 4.79 Å². The Bertz CT molecular complexity index is 234. The molecule has 0 radical (unpaired) electrons. The summed E-state index contributed by atoms with van der Waals surface area (Å²) in [6.45, 7) is 4.24. The molecule has 0 saturated heterocycles. The molecule has 0 heterocycles. The van der Waals surface area contributed by atoms with Crippen molar-refractivity contribution in [2.45, 2.75) is 90.9 Å². The summed E-state index contributed by atoms with van der Waals surface area (Å²) in [5.74, 6) is -0.187. The number of hydrogen-bond donors (Lipinski definition) is 0. The molecular weight excluding hydrogens is 248 g/mol. The zero-order chi connectivity index (χ0) is 14.9. The highest BCUT2D eigenvalue weighted by Crippen LogP contribution is 2.11. The zero-order valence-corrected chi connectivity index (χ0v) is 13.7. The van der Waals surface area contributed by atoms with E-state index >= 15 is 0 Å². The molecule has 0 spiro atoms. The Labute approximate surface area is 126 Å². The second kappa shape index (κ2) is 16.3. The number of allylic oxidation sites excluding steroid dienone is 1. The molecule has 0 bridgehead atoms. The predicted octanol–water partition coefficient (Wildman–Crippen LogP) is 5.81. The van der Waals surface area contributed by atoms with Crippen molar-refractivity contribution in [2.75, 3.05) is 6.61 Å². The fourth-order valence-corrected chi connectivity index (χ4v) is 2.26. The minimum atomic E-state index is -0.187. The minimum Gasteiger partial charge on any atom is -0.466 e. The maximum Gasteiger partial charge on any atom is 0.302 e. The van der Waals surface area contributed by atoms with Gasteiger partial charge in [0, 0.05) is 6.92 Å². The number of carbonyl (C=O) groups is 1. The second-order valence-corrected chi connectivity index (χ2v) is 5.57. The van der Waals surface area contributed by atoms with Gasteiger partial charge in [-0.1, -0.05) is 76.9 Å². The van der Waals surface area contributed by atoms with E-state index in [1.165, 1.54) is 71.1 Å². The Morgan fingerprint density at radius 3 is 1.85 bits per heavy atom. The van der Waals surface area contributed by atoms with Crippen LogP contribution in [-0.4, -0.2) is 12.6 Å². The van der Waals surface area contributed by atoms with Crippen LogP contribution in [-0.2, 0) is 9.53 Å². The number of unbranched alkanes of at least 4 members (excludes halogenated alkanes) is 10. The Morgan fingerprint density at radius 1 is 0.800 bits per heavy atom. The SMILES string of the molecule is CCCCCCCCCCCCC=CCCOC(C)=O. The van der Waals surface area contributed by atoms with Crippen molar-refractivity contribution in [3.8, 4) is 0 Å². The Balaban J connectivity index is 3.05. The van der Waals surface area contributed by atoms with Crippen LogP contribution in [0, 0.1) is 0 Å². The number of ether oxygens (including phenoxy) is 1. The molecule has 0 aromatic heterocycles. The molecule has 20 heavy (non-hydrogen) atoms. The van der Waals surface area contributed by atoms with E-state index in [2.05, 4.69) is 19.1 Å². The van der Waals surface area contributed by atoms with Gasteiger partial charge in [-0.15, -0.1) is 0 Å². The number of carbonyl (C=O) groups excluding carboxylic acids is 1. The average Bonchev–Trinajstić information content (AvgIpc) is 2.43. The molecule has 0 fully saturated rings. The lowest BCUT2D eigenvalue weighted by Gasteiger charge is -2.01. The number of rotatable bonds is 14. The van der Waals surface area contributed by atoms with Gasteiger partial charge in [0.1, 0.15) is 0 Å². The van der Waals surface area contributed by atoms with Crippen LogP contribution < -0.4 is 0 Å². The molecular formula is C18H34O2. The van der Waals surface area contributed by atoms with E-state index < -0.39 is 0 Å². The molecule has 0 rings (SSSR count). The summed E-state index contributed by atoms with van der Waals surface area (Å²) in [5.41, 5.74) is 0. The summed E-state index contributed by atoms with van der Waals surface area (Å²) in [7, 11) is 0. The lowest BCUT2D eigenvalue weighted by atomic mass is 10.1. The maximum atomic E-state index is 10.5. The topological polar surface area (TPSA) is 26.3 Å². The van der Waals surface area contributed by atoms with Gasteiger partial charge < -0.3 is 4.74 Å².